The lowest BCUT2D eigenvalue weighted by atomic mass is 9.73. The molecule has 1 N–H and O–H groups in total. The minimum absolute atomic E-state index is 0.0156. The number of carbonyl (C=O) groups is 2. The van der Waals surface area contributed by atoms with Crippen LogP contribution in [0.25, 0.3) is 0 Å². The SMILES string of the molecule is COc1ncc(C(C)(C)C)cc1CO[C@@H]1[C@H](C(C)(C)C)[C@@H](C(=O)O)N(C(=O)OC(C)C)[C@H]1c1ccccc1F. The number of carbonyl (C=O) groups excluding carboxylic acids is 1. The van der Waals surface area contributed by atoms with Crippen LogP contribution in [0.5, 0.6) is 5.88 Å². The third-order valence-corrected chi connectivity index (χ3v) is 7.04. The molecule has 0 spiro atoms. The molecule has 0 saturated carbocycles. The van der Waals surface area contributed by atoms with E-state index < -0.39 is 53.5 Å². The van der Waals surface area contributed by atoms with Crippen LogP contribution in [0.2, 0.25) is 0 Å². The minimum atomic E-state index is -1.31. The summed E-state index contributed by atoms with van der Waals surface area (Å²) < 4.78 is 32.8. The largest absolute Gasteiger partial charge is 0.481 e. The number of aliphatic carboxylic acids is 1. The second-order valence-corrected chi connectivity index (χ2v) is 12.4. The molecule has 1 aliphatic rings. The quantitative estimate of drug-likeness (QED) is 0.448. The standard InChI is InChI=1S/C30H41FN2O6/c1-17(2)39-28(36)33-23(20-12-10-11-13-21(20)31)25(22(30(6,7)8)24(33)27(34)35)38-16-18-14-19(29(3,4)5)15-32-26(18)37-9/h10-15,17,22-25H,16H2,1-9H3,(H,34,35)/t22-,23+,24+,25-/m1/s1. The van der Waals surface area contributed by atoms with Crippen LogP contribution in [0.3, 0.4) is 0 Å². The molecule has 1 aromatic carbocycles. The van der Waals surface area contributed by atoms with Crippen LogP contribution in [-0.4, -0.2) is 52.4 Å². The van der Waals surface area contributed by atoms with E-state index in [4.69, 9.17) is 14.2 Å². The number of methoxy groups -OCH3 is 1. The fraction of sp³-hybridized carbons (Fsp3) is 0.567. The second-order valence-electron chi connectivity index (χ2n) is 12.4. The Bertz CT molecular complexity index is 1190. The van der Waals surface area contributed by atoms with Gasteiger partial charge in [0.05, 0.1) is 32.0 Å². The highest BCUT2D eigenvalue weighted by molar-refractivity contribution is 5.82. The number of hydrogen-bond donors (Lipinski definition) is 1. The van der Waals surface area contributed by atoms with Gasteiger partial charge in [0.15, 0.2) is 0 Å². The maximum atomic E-state index is 15.3. The molecule has 214 valence electrons. The molecule has 1 aliphatic heterocycles. The van der Waals surface area contributed by atoms with Crippen LogP contribution in [0.1, 0.15) is 78.1 Å². The number of hydrogen-bond acceptors (Lipinski definition) is 6. The Labute approximate surface area is 230 Å². The predicted octanol–water partition coefficient (Wildman–Crippen LogP) is 6.13. The average molecular weight is 545 g/mol. The van der Waals surface area contributed by atoms with Gasteiger partial charge in [0.1, 0.15) is 11.9 Å². The van der Waals surface area contributed by atoms with Crippen molar-refractivity contribution in [3.05, 3.63) is 59.0 Å². The molecule has 8 nitrogen and oxygen atoms in total. The Balaban J connectivity index is 2.18. The predicted molar refractivity (Wildman–Crippen MR) is 145 cm³/mol. The summed E-state index contributed by atoms with van der Waals surface area (Å²) in [4.78, 5) is 31.8. The number of ether oxygens (including phenoxy) is 3. The molecular formula is C30H41FN2O6. The van der Waals surface area contributed by atoms with Crippen LogP contribution >= 0.6 is 0 Å². The summed E-state index contributed by atoms with van der Waals surface area (Å²) in [6.45, 7) is 15.2. The Morgan fingerprint density at radius 3 is 2.28 bits per heavy atom. The van der Waals surface area contributed by atoms with Gasteiger partial charge >= 0.3 is 12.1 Å². The summed E-state index contributed by atoms with van der Waals surface area (Å²) in [6.07, 6.45) is -0.468. The van der Waals surface area contributed by atoms with Gasteiger partial charge in [-0.25, -0.2) is 19.0 Å². The molecule has 3 rings (SSSR count). The molecule has 1 amide bonds. The molecule has 0 radical (unpaired) electrons. The van der Waals surface area contributed by atoms with Crippen molar-refractivity contribution in [3.63, 3.8) is 0 Å². The normalized spacial score (nSPS) is 21.8. The highest BCUT2D eigenvalue weighted by Crippen LogP contribution is 2.50. The topological polar surface area (TPSA) is 98.2 Å². The number of benzene rings is 1. The number of halogens is 1. The first-order chi connectivity index (χ1) is 18.1. The van der Waals surface area contributed by atoms with Crippen molar-refractivity contribution in [3.8, 4) is 5.88 Å². The molecule has 9 heteroatoms. The van der Waals surface area contributed by atoms with E-state index in [0.29, 0.717) is 11.4 Å². The first kappa shape index (κ1) is 30.3. The van der Waals surface area contributed by atoms with Gasteiger partial charge in [-0.1, -0.05) is 59.7 Å². The molecule has 0 bridgehead atoms. The number of rotatable bonds is 7. The van der Waals surface area contributed by atoms with E-state index in [1.54, 1.807) is 38.2 Å². The number of carboxylic acid groups (broad SMARTS) is 1. The van der Waals surface area contributed by atoms with E-state index >= 15 is 4.39 Å². The lowest BCUT2D eigenvalue weighted by molar-refractivity contribution is -0.145. The summed E-state index contributed by atoms with van der Waals surface area (Å²) in [5.74, 6) is -2.10. The van der Waals surface area contributed by atoms with Gasteiger partial charge in [0.2, 0.25) is 5.88 Å². The van der Waals surface area contributed by atoms with E-state index in [2.05, 4.69) is 25.8 Å². The molecule has 0 unspecified atom stereocenters. The number of nitrogens with zero attached hydrogens (tertiary/aromatic N) is 2. The number of likely N-dealkylation sites (tertiary alicyclic amines) is 1. The van der Waals surface area contributed by atoms with Crippen molar-refractivity contribution >= 4 is 12.1 Å². The van der Waals surface area contributed by atoms with E-state index in [9.17, 15) is 14.7 Å². The summed E-state index contributed by atoms with van der Waals surface area (Å²) in [7, 11) is 1.52. The number of carboxylic acids is 1. The van der Waals surface area contributed by atoms with Gasteiger partial charge in [-0.05, 0) is 42.4 Å². The van der Waals surface area contributed by atoms with Gasteiger partial charge in [0, 0.05) is 23.2 Å². The van der Waals surface area contributed by atoms with Crippen molar-refractivity contribution in [2.24, 2.45) is 11.3 Å². The van der Waals surface area contributed by atoms with Crippen LogP contribution in [0.15, 0.2) is 36.5 Å². The molecule has 2 heterocycles. The molecule has 1 aromatic heterocycles. The maximum Gasteiger partial charge on any atom is 0.411 e. The van der Waals surface area contributed by atoms with Crippen LogP contribution in [0, 0.1) is 17.2 Å². The Hall–Kier alpha value is -3.20. The molecular weight excluding hydrogens is 503 g/mol. The monoisotopic (exact) mass is 544 g/mol. The van der Waals surface area contributed by atoms with Crippen molar-refractivity contribution in [2.45, 2.75) is 91.7 Å². The first-order valence-electron chi connectivity index (χ1n) is 13.2. The van der Waals surface area contributed by atoms with Crippen molar-refractivity contribution in [1.29, 1.82) is 0 Å². The first-order valence-corrected chi connectivity index (χ1v) is 13.2. The van der Waals surface area contributed by atoms with Crippen LogP contribution < -0.4 is 4.74 Å². The third-order valence-electron chi connectivity index (χ3n) is 7.04. The Kier molecular flexibility index (Phi) is 8.95. The zero-order valence-corrected chi connectivity index (χ0v) is 24.3. The summed E-state index contributed by atoms with van der Waals surface area (Å²) in [5, 5.41) is 10.4. The van der Waals surface area contributed by atoms with Crippen molar-refractivity contribution < 1.29 is 33.3 Å². The summed E-state index contributed by atoms with van der Waals surface area (Å²) in [6, 6.07) is 5.63. The van der Waals surface area contributed by atoms with Crippen molar-refractivity contribution in [2.75, 3.05) is 7.11 Å². The fourth-order valence-electron chi connectivity index (χ4n) is 5.23. The van der Waals surface area contributed by atoms with Gasteiger partial charge in [-0.15, -0.1) is 0 Å². The van der Waals surface area contributed by atoms with Crippen LogP contribution in [0.4, 0.5) is 9.18 Å². The Morgan fingerprint density at radius 1 is 1.13 bits per heavy atom. The third kappa shape index (κ3) is 6.52. The zero-order valence-electron chi connectivity index (χ0n) is 24.3. The number of amides is 1. The fourth-order valence-corrected chi connectivity index (χ4v) is 5.23. The summed E-state index contributed by atoms with van der Waals surface area (Å²) in [5.41, 5.74) is 0.975. The van der Waals surface area contributed by atoms with Gasteiger partial charge in [-0.2, -0.15) is 0 Å². The summed E-state index contributed by atoms with van der Waals surface area (Å²) >= 11 is 0. The van der Waals surface area contributed by atoms with E-state index in [1.165, 1.54) is 13.2 Å². The minimum Gasteiger partial charge on any atom is -0.481 e. The van der Waals surface area contributed by atoms with Gasteiger partial charge in [-0.3, -0.25) is 4.90 Å². The van der Waals surface area contributed by atoms with Gasteiger partial charge < -0.3 is 19.3 Å². The number of aromatic nitrogens is 1. The molecule has 1 saturated heterocycles. The molecule has 0 aliphatic carbocycles. The molecule has 2 aromatic rings. The van der Waals surface area contributed by atoms with E-state index in [-0.39, 0.29) is 17.6 Å². The zero-order chi connectivity index (χ0) is 29.3. The Morgan fingerprint density at radius 2 is 1.77 bits per heavy atom. The second kappa shape index (κ2) is 11.5. The smallest absolute Gasteiger partial charge is 0.411 e. The lowest BCUT2D eigenvalue weighted by Gasteiger charge is -2.34. The van der Waals surface area contributed by atoms with Crippen LogP contribution in [-0.2, 0) is 26.3 Å². The lowest BCUT2D eigenvalue weighted by Crippen LogP contribution is -2.47. The van der Waals surface area contributed by atoms with E-state index in [1.807, 2.05) is 26.8 Å². The maximum absolute atomic E-state index is 15.3. The van der Waals surface area contributed by atoms with Gasteiger partial charge in [0.25, 0.3) is 0 Å². The van der Waals surface area contributed by atoms with E-state index in [0.717, 1.165) is 10.5 Å². The molecule has 4 atom stereocenters. The highest BCUT2D eigenvalue weighted by Gasteiger charge is 2.60. The molecule has 39 heavy (non-hydrogen) atoms. The highest BCUT2D eigenvalue weighted by atomic mass is 19.1. The average Bonchev–Trinajstić information content (AvgIpc) is 3.17. The van der Waals surface area contributed by atoms with Crippen molar-refractivity contribution in [1.82, 2.24) is 9.88 Å². The molecule has 1 fully saturated rings. The number of pyridine rings is 1.